The number of hydrogen-bond acceptors (Lipinski definition) is 4. The van der Waals surface area contributed by atoms with Crippen molar-refractivity contribution in [2.45, 2.75) is 20.3 Å². The van der Waals surface area contributed by atoms with Crippen LogP contribution < -0.4 is 20.7 Å². The van der Waals surface area contributed by atoms with Crippen LogP contribution in [-0.2, 0) is 11.2 Å². The Morgan fingerprint density at radius 2 is 2.07 bits per heavy atom. The Labute approximate surface area is 193 Å². The zero-order valence-corrected chi connectivity index (χ0v) is 19.7. The third-order valence-electron chi connectivity index (χ3n) is 3.62. The van der Waals surface area contributed by atoms with Crippen molar-refractivity contribution >= 4 is 53.1 Å². The quantitative estimate of drug-likeness (QED) is 0.152. The van der Waals surface area contributed by atoms with E-state index in [1.54, 1.807) is 18.3 Å². The lowest BCUT2D eigenvalue weighted by Gasteiger charge is -2.12. The van der Waals surface area contributed by atoms with Gasteiger partial charge in [-0.3, -0.25) is 9.79 Å². The van der Waals surface area contributed by atoms with Gasteiger partial charge in [0.2, 0.25) is 5.91 Å². The average Bonchev–Trinajstić information content (AvgIpc) is 2.66. The molecule has 158 valence electrons. The second kappa shape index (κ2) is 14.0. The Balaban J connectivity index is 0.00000420. The monoisotopic (exact) mass is 531 g/mol. The van der Waals surface area contributed by atoms with Crippen LogP contribution in [0.4, 0.5) is 5.69 Å². The van der Waals surface area contributed by atoms with E-state index in [0.29, 0.717) is 36.3 Å². The van der Waals surface area contributed by atoms with Crippen LogP contribution in [0.5, 0.6) is 5.75 Å². The molecule has 1 amide bonds. The fraction of sp³-hybridized carbons (Fsp3) is 0.350. The fourth-order valence-corrected chi connectivity index (χ4v) is 2.51. The van der Waals surface area contributed by atoms with E-state index in [4.69, 9.17) is 16.3 Å². The van der Waals surface area contributed by atoms with Crippen LogP contribution in [0.15, 0.2) is 47.6 Å². The predicted octanol–water partition coefficient (Wildman–Crippen LogP) is 3.49. The van der Waals surface area contributed by atoms with Gasteiger partial charge in [-0.2, -0.15) is 0 Å². The van der Waals surface area contributed by atoms with Crippen LogP contribution in [0.25, 0.3) is 0 Å². The molecule has 0 aliphatic carbocycles. The Kier molecular flexibility index (Phi) is 12.1. The first kappa shape index (κ1) is 25.0. The van der Waals surface area contributed by atoms with Crippen molar-refractivity contribution in [3.05, 3.63) is 53.3 Å². The molecule has 29 heavy (non-hydrogen) atoms. The highest BCUT2D eigenvalue weighted by atomic mass is 127. The molecule has 0 saturated heterocycles. The molecule has 1 heterocycles. The third kappa shape index (κ3) is 10.3. The molecule has 0 fully saturated rings. The maximum absolute atomic E-state index is 11.1. The van der Waals surface area contributed by atoms with E-state index in [2.05, 4.69) is 25.9 Å². The van der Waals surface area contributed by atoms with E-state index >= 15 is 0 Å². The van der Waals surface area contributed by atoms with E-state index in [0.717, 1.165) is 24.5 Å². The summed E-state index contributed by atoms with van der Waals surface area (Å²) in [6.07, 6.45) is 2.55. The summed E-state index contributed by atoms with van der Waals surface area (Å²) in [6, 6.07) is 11.0. The summed E-state index contributed by atoms with van der Waals surface area (Å²) in [5.41, 5.74) is 1.80. The molecule has 3 N–H and O–H groups in total. The highest BCUT2D eigenvalue weighted by molar-refractivity contribution is 14.0. The van der Waals surface area contributed by atoms with Gasteiger partial charge in [0.25, 0.3) is 0 Å². The van der Waals surface area contributed by atoms with Gasteiger partial charge >= 0.3 is 0 Å². The van der Waals surface area contributed by atoms with Crippen LogP contribution >= 0.6 is 35.6 Å². The van der Waals surface area contributed by atoms with E-state index in [9.17, 15) is 4.79 Å². The number of aromatic nitrogens is 1. The van der Waals surface area contributed by atoms with Crippen LogP contribution in [0.1, 0.15) is 19.4 Å². The Morgan fingerprint density at radius 1 is 1.24 bits per heavy atom. The number of aliphatic imine (C=N–C) groups is 1. The summed E-state index contributed by atoms with van der Waals surface area (Å²) in [5.74, 6) is 1.32. The molecule has 0 aliphatic heterocycles. The highest BCUT2D eigenvalue weighted by Crippen LogP contribution is 2.17. The second-order valence-corrected chi connectivity index (χ2v) is 6.37. The zero-order valence-electron chi connectivity index (χ0n) is 16.6. The number of amides is 1. The van der Waals surface area contributed by atoms with Crippen molar-refractivity contribution in [2.75, 3.05) is 31.6 Å². The molecule has 7 nitrogen and oxygen atoms in total. The Morgan fingerprint density at radius 3 is 2.76 bits per heavy atom. The predicted molar refractivity (Wildman–Crippen MR) is 129 cm³/mol. The van der Waals surface area contributed by atoms with Gasteiger partial charge in [0.1, 0.15) is 17.5 Å². The molecular weight excluding hydrogens is 505 g/mol. The normalized spacial score (nSPS) is 10.7. The van der Waals surface area contributed by atoms with E-state index < -0.39 is 0 Å². The summed E-state index contributed by atoms with van der Waals surface area (Å²) >= 11 is 5.79. The number of benzene rings is 1. The lowest BCUT2D eigenvalue weighted by molar-refractivity contribution is -0.114. The van der Waals surface area contributed by atoms with Crippen LogP contribution in [0.2, 0.25) is 5.15 Å². The minimum Gasteiger partial charge on any atom is -0.492 e. The maximum atomic E-state index is 11.1. The smallest absolute Gasteiger partial charge is 0.221 e. The highest BCUT2D eigenvalue weighted by Gasteiger charge is 2.01. The van der Waals surface area contributed by atoms with Crippen LogP contribution in [0, 0.1) is 0 Å². The first-order chi connectivity index (χ1) is 13.6. The number of carbonyl (C=O) groups is 1. The number of halogens is 2. The molecule has 1 aromatic heterocycles. The first-order valence-electron chi connectivity index (χ1n) is 9.20. The van der Waals surface area contributed by atoms with Crippen molar-refractivity contribution in [1.82, 2.24) is 15.6 Å². The number of guanidine groups is 1. The lowest BCUT2D eigenvalue weighted by Crippen LogP contribution is -2.39. The molecule has 0 atom stereocenters. The Bertz CT molecular complexity index is 787. The van der Waals surface area contributed by atoms with Crippen molar-refractivity contribution in [1.29, 1.82) is 0 Å². The number of hydrogen-bond donors (Lipinski definition) is 3. The molecule has 0 bridgehead atoms. The van der Waals surface area contributed by atoms with Crippen LogP contribution in [-0.4, -0.2) is 43.1 Å². The number of ether oxygens (including phenoxy) is 1. The average molecular weight is 532 g/mol. The van der Waals surface area contributed by atoms with Crippen molar-refractivity contribution in [3.63, 3.8) is 0 Å². The second-order valence-electron chi connectivity index (χ2n) is 5.98. The number of rotatable bonds is 9. The molecule has 0 unspecified atom stereocenters. The summed E-state index contributed by atoms with van der Waals surface area (Å²) in [5, 5.41) is 9.67. The lowest BCUT2D eigenvalue weighted by atomic mass is 10.2. The molecule has 2 aromatic rings. The SMILES string of the molecule is CCNC(=NCCc1ccc(Cl)nc1)NCCOc1cccc(NC(C)=O)c1.I. The largest absolute Gasteiger partial charge is 0.492 e. The molecule has 2 rings (SSSR count). The third-order valence-corrected chi connectivity index (χ3v) is 3.84. The minimum absolute atomic E-state index is 0. The number of nitrogens with zero attached hydrogens (tertiary/aromatic N) is 2. The van der Waals surface area contributed by atoms with Gasteiger partial charge in [-0.1, -0.05) is 23.7 Å². The molecule has 9 heteroatoms. The molecule has 0 aliphatic rings. The number of nitrogens with one attached hydrogen (secondary N) is 3. The van der Waals surface area contributed by atoms with Crippen molar-refractivity contribution in [3.8, 4) is 5.75 Å². The summed E-state index contributed by atoms with van der Waals surface area (Å²) in [6.45, 7) is 5.97. The fourth-order valence-electron chi connectivity index (χ4n) is 2.40. The van der Waals surface area contributed by atoms with Gasteiger partial charge in [0, 0.05) is 38.0 Å². The van der Waals surface area contributed by atoms with Gasteiger partial charge in [-0.15, -0.1) is 24.0 Å². The van der Waals surface area contributed by atoms with Gasteiger partial charge in [0.15, 0.2) is 5.96 Å². The number of carbonyl (C=O) groups excluding carboxylic acids is 1. The van der Waals surface area contributed by atoms with Gasteiger partial charge < -0.3 is 20.7 Å². The molecular formula is C20H27ClIN5O2. The first-order valence-corrected chi connectivity index (χ1v) is 9.57. The van der Waals surface area contributed by atoms with Crippen molar-refractivity contribution < 1.29 is 9.53 Å². The molecule has 0 saturated carbocycles. The summed E-state index contributed by atoms with van der Waals surface area (Å²) in [7, 11) is 0. The molecule has 1 aromatic carbocycles. The van der Waals surface area contributed by atoms with Crippen molar-refractivity contribution in [2.24, 2.45) is 4.99 Å². The van der Waals surface area contributed by atoms with E-state index in [1.165, 1.54) is 6.92 Å². The van der Waals surface area contributed by atoms with Gasteiger partial charge in [0.05, 0.1) is 6.54 Å². The van der Waals surface area contributed by atoms with E-state index in [1.807, 2.05) is 31.2 Å². The summed E-state index contributed by atoms with van der Waals surface area (Å²) < 4.78 is 5.72. The zero-order chi connectivity index (χ0) is 20.2. The van der Waals surface area contributed by atoms with Crippen LogP contribution in [0.3, 0.4) is 0 Å². The van der Waals surface area contributed by atoms with Gasteiger partial charge in [-0.05, 0) is 37.1 Å². The number of anilines is 1. The molecule has 0 spiro atoms. The summed E-state index contributed by atoms with van der Waals surface area (Å²) in [4.78, 5) is 19.7. The number of pyridine rings is 1. The molecule has 0 radical (unpaired) electrons. The maximum Gasteiger partial charge on any atom is 0.221 e. The van der Waals surface area contributed by atoms with Gasteiger partial charge in [-0.25, -0.2) is 4.98 Å². The Hall–Kier alpha value is -2.07. The minimum atomic E-state index is -0.111. The topological polar surface area (TPSA) is 87.6 Å². The van der Waals surface area contributed by atoms with E-state index in [-0.39, 0.29) is 29.9 Å². The standard InChI is InChI=1S/C20H26ClN5O2.HI/c1-3-22-20(23-10-9-16-7-8-19(21)25-14-16)24-11-12-28-18-6-4-5-17(13-18)26-15(2)27;/h4-8,13-14H,3,9-12H2,1-2H3,(H,26,27)(H2,22,23,24);1H.